The lowest BCUT2D eigenvalue weighted by Gasteiger charge is -2.30. The number of nitrogens with one attached hydrogen (secondary N) is 2. The highest BCUT2D eigenvalue weighted by Gasteiger charge is 2.19. The van der Waals surface area contributed by atoms with E-state index < -0.39 is 0 Å². The molecule has 2 N–H and O–H groups in total. The van der Waals surface area contributed by atoms with Gasteiger partial charge in [0.25, 0.3) is 0 Å². The molecule has 0 bridgehead atoms. The second-order valence-corrected chi connectivity index (χ2v) is 9.97. The number of thiocarbonyl (C=S) groups is 1. The number of hydrogen-bond donors (Lipinski definition) is 2. The maximum absolute atomic E-state index is 13.1. The van der Waals surface area contributed by atoms with Gasteiger partial charge in [-0.15, -0.1) is 0 Å². The molecule has 0 spiro atoms. The van der Waals surface area contributed by atoms with Crippen LogP contribution in [-0.2, 0) is 19.4 Å². The van der Waals surface area contributed by atoms with E-state index in [0.717, 1.165) is 48.8 Å². The molecule has 1 aliphatic heterocycles. The Morgan fingerprint density at radius 2 is 1.78 bits per heavy atom. The third-order valence-electron chi connectivity index (χ3n) is 5.95. The summed E-state index contributed by atoms with van der Waals surface area (Å²) in [5, 5.41) is 8.15. The van der Waals surface area contributed by atoms with Gasteiger partial charge in [-0.05, 0) is 78.1 Å². The summed E-state index contributed by atoms with van der Waals surface area (Å²) >= 11 is 6.89. The monoisotopic (exact) mass is 531 g/mol. The van der Waals surface area contributed by atoms with Gasteiger partial charge in [-0.1, -0.05) is 36.4 Å². The normalized spacial score (nSPS) is 12.6. The second kappa shape index (κ2) is 12.1. The first-order valence-corrected chi connectivity index (χ1v) is 13.3. The Bertz CT molecular complexity index is 1350. The second-order valence-electron chi connectivity index (χ2n) is 8.57. The number of aryl methyl sites for hydroxylation is 1. The number of benzene rings is 2. The molecule has 3 heterocycles. The number of nitrogens with zero attached hydrogens (tertiary/aromatic N) is 5. The highest BCUT2D eigenvalue weighted by Crippen LogP contribution is 2.29. The van der Waals surface area contributed by atoms with Crippen LogP contribution in [0.2, 0.25) is 0 Å². The smallest absolute Gasteiger partial charge is 0.232 e. The number of aromatic nitrogens is 4. The van der Waals surface area contributed by atoms with E-state index in [2.05, 4.69) is 54.8 Å². The molecule has 5 rings (SSSR count). The van der Waals surface area contributed by atoms with Crippen molar-refractivity contribution in [3.05, 3.63) is 95.6 Å². The third kappa shape index (κ3) is 6.99. The van der Waals surface area contributed by atoms with E-state index in [9.17, 15) is 4.39 Å². The van der Waals surface area contributed by atoms with Gasteiger partial charge in [-0.25, -0.2) is 19.3 Å². The van der Waals surface area contributed by atoms with Crippen molar-refractivity contribution in [2.24, 2.45) is 0 Å². The van der Waals surface area contributed by atoms with Crippen molar-refractivity contribution in [2.45, 2.75) is 36.0 Å². The molecular formula is C27H26FN7S2. The molecule has 2 aromatic carbocycles. The summed E-state index contributed by atoms with van der Waals surface area (Å²) in [6.07, 6.45) is 6.07. The minimum absolute atomic E-state index is 0.223. The Morgan fingerprint density at radius 1 is 1.00 bits per heavy atom. The van der Waals surface area contributed by atoms with Gasteiger partial charge in [0, 0.05) is 38.1 Å². The molecule has 4 aromatic rings. The zero-order chi connectivity index (χ0) is 25.5. The van der Waals surface area contributed by atoms with Crippen LogP contribution >= 0.6 is 24.0 Å². The minimum atomic E-state index is -0.223. The van der Waals surface area contributed by atoms with Crippen LogP contribution in [0, 0.1) is 5.82 Å². The average molecular weight is 532 g/mol. The Hall–Kier alpha value is -3.63. The molecule has 1 aliphatic rings. The fourth-order valence-electron chi connectivity index (χ4n) is 4.10. The molecule has 10 heteroatoms. The van der Waals surface area contributed by atoms with Gasteiger partial charge in [0.2, 0.25) is 5.95 Å². The fourth-order valence-corrected chi connectivity index (χ4v) is 5.00. The molecule has 188 valence electrons. The largest absolute Gasteiger partial charge is 0.362 e. The van der Waals surface area contributed by atoms with E-state index in [0.29, 0.717) is 22.8 Å². The van der Waals surface area contributed by atoms with Crippen molar-refractivity contribution in [1.82, 2.24) is 25.3 Å². The molecule has 37 heavy (non-hydrogen) atoms. The summed E-state index contributed by atoms with van der Waals surface area (Å²) in [6.45, 7) is 2.32. The third-order valence-corrected chi connectivity index (χ3v) is 7.01. The van der Waals surface area contributed by atoms with E-state index in [1.807, 2.05) is 6.07 Å². The number of halogens is 1. The first-order valence-electron chi connectivity index (χ1n) is 12.1. The zero-order valence-electron chi connectivity index (χ0n) is 20.1. The summed E-state index contributed by atoms with van der Waals surface area (Å²) in [5.41, 5.74) is 3.77. The number of fused-ring (bicyclic) bond motifs is 1. The molecule has 0 aliphatic carbocycles. The van der Waals surface area contributed by atoms with Gasteiger partial charge < -0.3 is 15.5 Å². The van der Waals surface area contributed by atoms with Crippen LogP contribution in [0.3, 0.4) is 0 Å². The van der Waals surface area contributed by atoms with Crippen LogP contribution in [0.5, 0.6) is 0 Å². The van der Waals surface area contributed by atoms with Gasteiger partial charge in [-0.2, -0.15) is 4.98 Å². The number of anilines is 2. The quantitative estimate of drug-likeness (QED) is 0.141. The van der Waals surface area contributed by atoms with Gasteiger partial charge in [0.05, 0.1) is 0 Å². The molecule has 0 saturated heterocycles. The molecule has 2 aromatic heterocycles. The molecular weight excluding hydrogens is 505 g/mol. The van der Waals surface area contributed by atoms with Crippen molar-refractivity contribution < 1.29 is 4.39 Å². The van der Waals surface area contributed by atoms with Crippen molar-refractivity contribution in [2.75, 3.05) is 23.3 Å². The Kier molecular flexibility index (Phi) is 8.17. The van der Waals surface area contributed by atoms with E-state index in [4.69, 9.17) is 17.2 Å². The van der Waals surface area contributed by atoms with Crippen molar-refractivity contribution in [1.29, 1.82) is 0 Å². The summed E-state index contributed by atoms with van der Waals surface area (Å²) in [5.74, 6) is 1.02. The predicted octanol–water partition coefficient (Wildman–Crippen LogP) is 5.04. The molecule has 0 unspecified atom stereocenters. The van der Waals surface area contributed by atoms with E-state index in [1.54, 1.807) is 30.6 Å². The lowest BCUT2D eigenvalue weighted by Crippen LogP contribution is -2.32. The predicted molar refractivity (Wildman–Crippen MR) is 148 cm³/mol. The molecule has 0 saturated carbocycles. The molecule has 0 fully saturated rings. The van der Waals surface area contributed by atoms with Crippen LogP contribution in [0.25, 0.3) is 0 Å². The van der Waals surface area contributed by atoms with Gasteiger partial charge >= 0.3 is 0 Å². The summed E-state index contributed by atoms with van der Waals surface area (Å²) in [4.78, 5) is 20.3. The molecule has 0 atom stereocenters. The van der Waals surface area contributed by atoms with E-state index in [-0.39, 0.29) is 5.82 Å². The number of hydrogen-bond acceptors (Lipinski definition) is 7. The highest BCUT2D eigenvalue weighted by molar-refractivity contribution is 7.99. The summed E-state index contributed by atoms with van der Waals surface area (Å²) in [6, 6.07) is 18.8. The molecule has 7 nitrogen and oxygen atoms in total. The Morgan fingerprint density at radius 3 is 2.59 bits per heavy atom. The van der Waals surface area contributed by atoms with Crippen molar-refractivity contribution in [3.8, 4) is 0 Å². The van der Waals surface area contributed by atoms with Crippen LogP contribution in [-0.4, -0.2) is 38.1 Å². The minimum Gasteiger partial charge on any atom is -0.362 e. The molecule has 0 radical (unpaired) electrons. The first kappa shape index (κ1) is 25.0. The van der Waals surface area contributed by atoms with Crippen molar-refractivity contribution >= 4 is 40.9 Å². The van der Waals surface area contributed by atoms with Crippen LogP contribution in [0.15, 0.2) is 83.2 Å². The fraction of sp³-hybridized carbons (Fsp3) is 0.222. The lowest BCUT2D eigenvalue weighted by atomic mass is 10.00. The lowest BCUT2D eigenvalue weighted by molar-refractivity contribution is 0.626. The maximum Gasteiger partial charge on any atom is 0.232 e. The van der Waals surface area contributed by atoms with Crippen LogP contribution < -0.4 is 15.5 Å². The number of rotatable bonds is 8. The average Bonchev–Trinajstić information content (AvgIpc) is 2.92. The topological polar surface area (TPSA) is 78.9 Å². The summed E-state index contributed by atoms with van der Waals surface area (Å²) < 4.78 is 13.1. The van der Waals surface area contributed by atoms with Gasteiger partial charge in [0.15, 0.2) is 10.3 Å². The first-order chi connectivity index (χ1) is 18.1. The van der Waals surface area contributed by atoms with Crippen LogP contribution in [0.4, 0.5) is 16.2 Å². The van der Waals surface area contributed by atoms with E-state index >= 15 is 0 Å². The van der Waals surface area contributed by atoms with E-state index in [1.165, 1.54) is 35.0 Å². The zero-order valence-corrected chi connectivity index (χ0v) is 21.7. The summed E-state index contributed by atoms with van der Waals surface area (Å²) in [7, 11) is 0. The van der Waals surface area contributed by atoms with Gasteiger partial charge in [0.1, 0.15) is 16.7 Å². The maximum atomic E-state index is 13.1. The molecule has 0 amide bonds. The SMILES string of the molecule is Fc1ccc(CCCNC(=S)Nc2nc(Sc3ncccn3)cc(N3CCc4ccccc4C3)n2)cc1. The van der Waals surface area contributed by atoms with Crippen LogP contribution in [0.1, 0.15) is 23.1 Å². The Balaban J connectivity index is 1.26. The standard InChI is InChI=1S/C27H26FN7S2/c28-22-10-8-19(9-11-22)5-3-13-29-26(36)34-25-32-23(17-24(33-25)37-27-30-14-4-15-31-27)35-16-12-20-6-1-2-7-21(20)18-35/h1-2,4,6-11,14-15,17H,3,5,12-13,16,18H2,(H2,29,32,33,34,36). The van der Waals surface area contributed by atoms with Crippen molar-refractivity contribution in [3.63, 3.8) is 0 Å². The Labute approximate surface area is 225 Å². The highest BCUT2D eigenvalue weighted by atomic mass is 32.2. The van der Waals surface area contributed by atoms with Gasteiger partial charge in [-0.3, -0.25) is 0 Å².